The van der Waals surface area contributed by atoms with Gasteiger partial charge >= 0.3 is 10.8 Å². The van der Waals surface area contributed by atoms with Crippen molar-refractivity contribution in [3.8, 4) is 17.4 Å². The summed E-state index contributed by atoms with van der Waals surface area (Å²) < 4.78 is 38.5. The lowest BCUT2D eigenvalue weighted by Crippen LogP contribution is -2.33. The molecule has 0 fully saturated rings. The smallest absolute Gasteiger partial charge is 0.322 e. The van der Waals surface area contributed by atoms with Crippen molar-refractivity contribution >= 4 is 17.3 Å². The minimum absolute atomic E-state index is 0.0897. The summed E-state index contributed by atoms with van der Waals surface area (Å²) >= 11 is 0.899. The zero-order valence-electron chi connectivity index (χ0n) is 15.8. The van der Waals surface area contributed by atoms with Crippen molar-refractivity contribution in [2.24, 2.45) is 5.73 Å². The number of benzene rings is 2. The van der Waals surface area contributed by atoms with E-state index >= 15 is 0 Å². The molecular formula is C20H18F2N2O5S. The van der Waals surface area contributed by atoms with Gasteiger partial charge in [0, 0.05) is 6.42 Å². The first-order valence-electron chi connectivity index (χ1n) is 8.76. The van der Waals surface area contributed by atoms with Gasteiger partial charge in [0.2, 0.25) is 5.88 Å². The van der Waals surface area contributed by atoms with E-state index in [1.165, 1.54) is 19.2 Å². The number of H-pyrrole nitrogens is 1. The average Bonchev–Trinajstić information content (AvgIpc) is 3.02. The fraction of sp³-hybridized carbons (Fsp3) is 0.200. The third-order valence-corrected chi connectivity index (χ3v) is 5.10. The number of methoxy groups -OCH3 is 1. The number of nitrogens with one attached hydrogen (secondary N) is 1. The molecule has 7 nitrogen and oxygen atoms in total. The Balaban J connectivity index is 1.72. The minimum atomic E-state index is -1.04. The number of carbonyl (C=O) groups is 1. The highest BCUT2D eigenvalue weighted by atomic mass is 32.1. The van der Waals surface area contributed by atoms with Crippen molar-refractivity contribution < 1.29 is 28.2 Å². The van der Waals surface area contributed by atoms with Gasteiger partial charge in [-0.3, -0.25) is 14.6 Å². The van der Waals surface area contributed by atoms with Crippen LogP contribution in [0.5, 0.6) is 17.4 Å². The number of esters is 1. The van der Waals surface area contributed by atoms with Crippen LogP contribution in [-0.4, -0.2) is 29.2 Å². The number of aromatic nitrogens is 1. The van der Waals surface area contributed by atoms with Crippen LogP contribution in [0.25, 0.3) is 0 Å². The molecular weight excluding hydrogens is 418 g/mol. The summed E-state index contributed by atoms with van der Waals surface area (Å²) in [5.41, 5.74) is 6.57. The predicted octanol–water partition coefficient (Wildman–Crippen LogP) is 2.85. The van der Waals surface area contributed by atoms with Gasteiger partial charge in [-0.05, 0) is 41.8 Å². The summed E-state index contributed by atoms with van der Waals surface area (Å²) in [6.45, 7) is 0. The van der Waals surface area contributed by atoms with Crippen molar-refractivity contribution in [2.75, 3.05) is 7.11 Å². The second-order valence-corrected chi connectivity index (χ2v) is 7.50. The number of nitrogens with two attached hydrogens (primary N) is 1. The third kappa shape index (κ3) is 5.02. The van der Waals surface area contributed by atoms with Gasteiger partial charge < -0.3 is 20.3 Å². The van der Waals surface area contributed by atoms with Crippen LogP contribution in [0.1, 0.15) is 16.0 Å². The zero-order chi connectivity index (χ0) is 21.8. The number of hydrogen-bond acceptors (Lipinski definition) is 7. The molecule has 158 valence electrons. The quantitative estimate of drug-likeness (QED) is 0.491. The van der Waals surface area contributed by atoms with E-state index in [1.54, 1.807) is 12.1 Å². The van der Waals surface area contributed by atoms with Crippen LogP contribution in [0.4, 0.5) is 8.78 Å². The number of aromatic hydroxyl groups is 1. The van der Waals surface area contributed by atoms with E-state index in [9.17, 15) is 23.5 Å². The molecule has 2 aromatic carbocycles. The van der Waals surface area contributed by atoms with Crippen LogP contribution in [0.15, 0.2) is 41.2 Å². The Hall–Kier alpha value is -3.24. The molecule has 4 N–H and O–H groups in total. The summed E-state index contributed by atoms with van der Waals surface area (Å²) in [5, 5.41) is 9.64. The lowest BCUT2D eigenvalue weighted by atomic mass is 10.1. The van der Waals surface area contributed by atoms with Crippen LogP contribution in [0, 0.1) is 11.6 Å². The van der Waals surface area contributed by atoms with Crippen molar-refractivity contribution in [1.82, 2.24) is 4.98 Å². The third-order valence-electron chi connectivity index (χ3n) is 4.23. The lowest BCUT2D eigenvalue weighted by molar-refractivity contribution is -0.142. The van der Waals surface area contributed by atoms with E-state index in [-0.39, 0.29) is 28.5 Å². The van der Waals surface area contributed by atoms with Crippen LogP contribution in [-0.2, 0) is 22.4 Å². The zero-order valence-corrected chi connectivity index (χ0v) is 16.6. The number of thiazole rings is 1. The first kappa shape index (κ1) is 21.5. The molecule has 0 aliphatic carbocycles. The minimum Gasteiger partial charge on any atom is -0.494 e. The number of halogens is 2. The van der Waals surface area contributed by atoms with Gasteiger partial charge in [-0.25, -0.2) is 8.78 Å². The topological polar surface area (TPSA) is 115 Å². The van der Waals surface area contributed by atoms with Crippen molar-refractivity contribution in [3.05, 3.63) is 73.7 Å². The van der Waals surface area contributed by atoms with E-state index in [4.69, 9.17) is 10.5 Å². The SMILES string of the molecule is COC(=O)C(N)Cc1cc(F)c(Oc2ccc(Cc3sc(=O)[nH]c3O)cc2)c(F)c1. The standard InChI is InChI=1S/C20H18F2N2O5S/c1-28-19(26)15(23)8-11-6-13(21)17(14(22)7-11)29-12-4-2-10(3-5-12)9-16-18(25)24-20(27)30-16/h2-7,15,25H,8-9,23H2,1H3,(H,24,27). The molecule has 0 saturated carbocycles. The number of carbonyl (C=O) groups excluding carboxylic acids is 1. The summed E-state index contributed by atoms with van der Waals surface area (Å²) in [4.78, 5) is 25.0. The highest BCUT2D eigenvalue weighted by Gasteiger charge is 2.19. The van der Waals surface area contributed by atoms with Crippen molar-refractivity contribution in [3.63, 3.8) is 0 Å². The number of rotatable bonds is 7. The van der Waals surface area contributed by atoms with E-state index in [2.05, 4.69) is 9.72 Å². The molecule has 0 radical (unpaired) electrons. The lowest BCUT2D eigenvalue weighted by Gasteiger charge is -2.12. The molecule has 0 aliphatic rings. The highest BCUT2D eigenvalue weighted by Crippen LogP contribution is 2.30. The molecule has 3 rings (SSSR count). The van der Waals surface area contributed by atoms with Crippen LogP contribution in [0.2, 0.25) is 0 Å². The van der Waals surface area contributed by atoms with Gasteiger partial charge in [0.1, 0.15) is 11.8 Å². The van der Waals surface area contributed by atoms with Crippen LogP contribution >= 0.6 is 11.3 Å². The Morgan fingerprint density at radius 2 is 1.83 bits per heavy atom. The van der Waals surface area contributed by atoms with E-state index in [1.807, 2.05) is 0 Å². The van der Waals surface area contributed by atoms with Crippen molar-refractivity contribution in [2.45, 2.75) is 18.9 Å². The summed E-state index contributed by atoms with van der Waals surface area (Å²) in [5.74, 6) is -3.12. The summed E-state index contributed by atoms with van der Waals surface area (Å²) in [6.07, 6.45) is 0.223. The Morgan fingerprint density at radius 3 is 2.37 bits per heavy atom. The second kappa shape index (κ2) is 9.06. The van der Waals surface area contributed by atoms with Gasteiger partial charge in [0.05, 0.1) is 12.0 Å². The second-order valence-electron chi connectivity index (χ2n) is 6.43. The molecule has 0 bridgehead atoms. The highest BCUT2D eigenvalue weighted by molar-refractivity contribution is 7.09. The number of aromatic amines is 1. The molecule has 0 saturated heterocycles. The molecule has 10 heteroatoms. The van der Waals surface area contributed by atoms with Crippen LogP contribution in [0.3, 0.4) is 0 Å². The number of ether oxygens (including phenoxy) is 2. The fourth-order valence-electron chi connectivity index (χ4n) is 2.77. The van der Waals surface area contributed by atoms with Crippen LogP contribution < -0.4 is 15.3 Å². The normalized spacial score (nSPS) is 11.9. The molecule has 1 heterocycles. The van der Waals surface area contributed by atoms with Gasteiger partial charge in [-0.2, -0.15) is 0 Å². The molecule has 30 heavy (non-hydrogen) atoms. The van der Waals surface area contributed by atoms with Gasteiger partial charge in [-0.1, -0.05) is 23.5 Å². The fourth-order valence-corrected chi connectivity index (χ4v) is 3.52. The maximum absolute atomic E-state index is 14.4. The Kier molecular flexibility index (Phi) is 6.48. The molecule has 1 aromatic heterocycles. The first-order chi connectivity index (χ1) is 14.3. The molecule has 0 amide bonds. The van der Waals surface area contributed by atoms with Gasteiger partial charge in [-0.15, -0.1) is 0 Å². The average molecular weight is 436 g/mol. The molecule has 0 spiro atoms. The van der Waals surface area contributed by atoms with Gasteiger partial charge in [0.15, 0.2) is 17.4 Å². The largest absolute Gasteiger partial charge is 0.494 e. The van der Waals surface area contributed by atoms with E-state index < -0.39 is 29.4 Å². The summed E-state index contributed by atoms with van der Waals surface area (Å²) in [7, 11) is 1.17. The molecule has 1 atom stereocenters. The van der Waals surface area contributed by atoms with E-state index in [0.717, 1.165) is 29.0 Å². The Labute approximate surface area is 173 Å². The Morgan fingerprint density at radius 1 is 1.20 bits per heavy atom. The number of hydrogen-bond donors (Lipinski definition) is 3. The predicted molar refractivity (Wildman–Crippen MR) is 106 cm³/mol. The monoisotopic (exact) mass is 436 g/mol. The van der Waals surface area contributed by atoms with Crippen molar-refractivity contribution in [1.29, 1.82) is 0 Å². The van der Waals surface area contributed by atoms with Gasteiger partial charge in [0.25, 0.3) is 0 Å². The Bertz CT molecular complexity index is 1090. The maximum Gasteiger partial charge on any atom is 0.322 e. The molecule has 3 aromatic rings. The maximum atomic E-state index is 14.4. The summed E-state index contributed by atoms with van der Waals surface area (Å²) in [6, 6.07) is 7.39. The molecule has 1 unspecified atom stereocenters. The first-order valence-corrected chi connectivity index (χ1v) is 9.57. The molecule has 0 aliphatic heterocycles. The van der Waals surface area contributed by atoms with E-state index in [0.29, 0.717) is 11.3 Å².